The molecule has 0 aromatic heterocycles. The molecular formula is C18H25NO3. The Morgan fingerprint density at radius 3 is 2.73 bits per heavy atom. The molecule has 120 valence electrons. The Morgan fingerprint density at radius 1 is 1.45 bits per heavy atom. The fourth-order valence-corrected chi connectivity index (χ4v) is 2.97. The second-order valence-corrected chi connectivity index (χ2v) is 5.97. The molecule has 0 saturated carbocycles. The first-order chi connectivity index (χ1) is 10.5. The van der Waals surface area contributed by atoms with Crippen LogP contribution in [0.4, 0.5) is 0 Å². The van der Waals surface area contributed by atoms with Crippen LogP contribution in [-0.4, -0.2) is 41.7 Å². The third-order valence-electron chi connectivity index (χ3n) is 4.16. The standard InChI is InChI=1S/C18H25NO3/c1-13(15-6-8-17(22-3)9-7-15)11-18(21)19-10-4-5-16(19)12-14(2)20/h6-9,11,14,16,20H,4-5,10,12H2,1-3H3/b13-11+. The molecule has 0 radical (unpaired) electrons. The van der Waals surface area contributed by atoms with Crippen molar-refractivity contribution in [3.05, 3.63) is 35.9 Å². The van der Waals surface area contributed by atoms with Crippen LogP contribution in [0.3, 0.4) is 0 Å². The van der Waals surface area contributed by atoms with Crippen LogP contribution in [0, 0.1) is 0 Å². The SMILES string of the molecule is COc1ccc(/C(C)=C/C(=O)N2CCCC2CC(C)O)cc1. The van der Waals surface area contributed by atoms with Crippen molar-refractivity contribution in [2.45, 2.75) is 45.3 Å². The van der Waals surface area contributed by atoms with Gasteiger partial charge in [0.2, 0.25) is 5.91 Å². The Balaban J connectivity index is 2.07. The summed E-state index contributed by atoms with van der Waals surface area (Å²) in [4.78, 5) is 14.4. The van der Waals surface area contributed by atoms with Crippen molar-refractivity contribution in [2.75, 3.05) is 13.7 Å². The minimum Gasteiger partial charge on any atom is -0.497 e. The van der Waals surface area contributed by atoms with E-state index in [0.717, 1.165) is 36.3 Å². The lowest BCUT2D eigenvalue weighted by Gasteiger charge is -2.24. The molecule has 2 rings (SSSR count). The first kappa shape index (κ1) is 16.6. The van der Waals surface area contributed by atoms with E-state index in [4.69, 9.17) is 4.74 Å². The van der Waals surface area contributed by atoms with Gasteiger partial charge >= 0.3 is 0 Å². The van der Waals surface area contributed by atoms with Crippen molar-refractivity contribution >= 4 is 11.5 Å². The average Bonchev–Trinajstić information content (AvgIpc) is 2.94. The maximum absolute atomic E-state index is 12.5. The Hall–Kier alpha value is -1.81. The number of benzene rings is 1. The molecule has 22 heavy (non-hydrogen) atoms. The normalized spacial score (nSPS) is 20.1. The van der Waals surface area contributed by atoms with E-state index in [1.165, 1.54) is 0 Å². The molecule has 1 aromatic rings. The van der Waals surface area contributed by atoms with E-state index in [2.05, 4.69) is 0 Å². The number of ether oxygens (including phenoxy) is 1. The van der Waals surface area contributed by atoms with Gasteiger partial charge in [-0.05, 0) is 56.4 Å². The molecule has 1 N–H and O–H groups in total. The number of hydrogen-bond acceptors (Lipinski definition) is 3. The van der Waals surface area contributed by atoms with Gasteiger partial charge in [0.25, 0.3) is 0 Å². The van der Waals surface area contributed by atoms with Crippen LogP contribution >= 0.6 is 0 Å². The smallest absolute Gasteiger partial charge is 0.247 e. The third-order valence-corrected chi connectivity index (χ3v) is 4.16. The summed E-state index contributed by atoms with van der Waals surface area (Å²) in [6.45, 7) is 4.50. The van der Waals surface area contributed by atoms with E-state index < -0.39 is 0 Å². The van der Waals surface area contributed by atoms with Crippen LogP contribution < -0.4 is 4.74 Å². The summed E-state index contributed by atoms with van der Waals surface area (Å²) < 4.78 is 5.14. The topological polar surface area (TPSA) is 49.8 Å². The molecule has 4 heteroatoms. The van der Waals surface area contributed by atoms with E-state index in [0.29, 0.717) is 6.42 Å². The summed E-state index contributed by atoms with van der Waals surface area (Å²) in [5, 5.41) is 9.56. The van der Waals surface area contributed by atoms with Gasteiger partial charge in [-0.25, -0.2) is 0 Å². The number of methoxy groups -OCH3 is 1. The molecule has 0 bridgehead atoms. The third kappa shape index (κ3) is 4.10. The molecular weight excluding hydrogens is 278 g/mol. The van der Waals surface area contributed by atoms with E-state index in [-0.39, 0.29) is 18.1 Å². The van der Waals surface area contributed by atoms with Crippen molar-refractivity contribution in [1.29, 1.82) is 0 Å². The molecule has 1 aliphatic rings. The number of rotatable bonds is 5. The van der Waals surface area contributed by atoms with Gasteiger partial charge in [-0.2, -0.15) is 0 Å². The molecule has 0 aliphatic carbocycles. The van der Waals surface area contributed by atoms with Gasteiger partial charge in [-0.1, -0.05) is 12.1 Å². The van der Waals surface area contributed by atoms with Crippen LogP contribution in [0.25, 0.3) is 5.57 Å². The highest BCUT2D eigenvalue weighted by molar-refractivity contribution is 5.95. The van der Waals surface area contributed by atoms with Gasteiger partial charge < -0.3 is 14.7 Å². The molecule has 1 aliphatic heterocycles. The largest absolute Gasteiger partial charge is 0.497 e. The van der Waals surface area contributed by atoms with Gasteiger partial charge in [0, 0.05) is 18.7 Å². The Labute approximate surface area is 132 Å². The minimum atomic E-state index is -0.370. The van der Waals surface area contributed by atoms with Crippen LogP contribution in [0.15, 0.2) is 30.3 Å². The van der Waals surface area contributed by atoms with E-state index in [1.54, 1.807) is 20.1 Å². The summed E-state index contributed by atoms with van der Waals surface area (Å²) in [6, 6.07) is 7.85. The molecule has 4 nitrogen and oxygen atoms in total. The highest BCUT2D eigenvalue weighted by Crippen LogP contribution is 2.24. The monoisotopic (exact) mass is 303 g/mol. The average molecular weight is 303 g/mol. The molecule has 1 aromatic carbocycles. The molecule has 1 heterocycles. The number of amides is 1. The number of likely N-dealkylation sites (tertiary alicyclic amines) is 1. The lowest BCUT2D eigenvalue weighted by atomic mass is 10.1. The summed E-state index contributed by atoms with van der Waals surface area (Å²) >= 11 is 0. The fraction of sp³-hybridized carbons (Fsp3) is 0.500. The summed E-state index contributed by atoms with van der Waals surface area (Å²) in [5.74, 6) is 0.843. The zero-order valence-electron chi connectivity index (χ0n) is 13.6. The highest BCUT2D eigenvalue weighted by atomic mass is 16.5. The number of aliphatic hydroxyl groups excluding tert-OH is 1. The maximum atomic E-state index is 12.5. The van der Waals surface area contributed by atoms with Gasteiger partial charge in [0.15, 0.2) is 0 Å². The summed E-state index contributed by atoms with van der Waals surface area (Å²) in [5.41, 5.74) is 1.95. The predicted molar refractivity (Wildman–Crippen MR) is 87.7 cm³/mol. The zero-order valence-corrected chi connectivity index (χ0v) is 13.6. The van der Waals surface area contributed by atoms with Crippen molar-refractivity contribution in [1.82, 2.24) is 4.90 Å². The molecule has 2 atom stereocenters. The first-order valence-corrected chi connectivity index (χ1v) is 7.82. The van der Waals surface area contributed by atoms with Gasteiger partial charge in [0.1, 0.15) is 5.75 Å². The molecule has 2 unspecified atom stereocenters. The lowest BCUT2D eigenvalue weighted by molar-refractivity contribution is -0.127. The van der Waals surface area contributed by atoms with Gasteiger partial charge in [-0.3, -0.25) is 4.79 Å². The zero-order chi connectivity index (χ0) is 16.1. The second kappa shape index (κ2) is 7.45. The lowest BCUT2D eigenvalue weighted by Crippen LogP contribution is -2.36. The Kier molecular flexibility index (Phi) is 5.61. The van der Waals surface area contributed by atoms with Crippen LogP contribution in [0.2, 0.25) is 0 Å². The van der Waals surface area contributed by atoms with Crippen LogP contribution in [0.5, 0.6) is 5.75 Å². The number of allylic oxidation sites excluding steroid dienone is 1. The van der Waals surface area contributed by atoms with E-state index in [1.807, 2.05) is 36.1 Å². The number of carbonyl (C=O) groups is 1. The number of nitrogens with zero attached hydrogens (tertiary/aromatic N) is 1. The molecule has 1 saturated heterocycles. The van der Waals surface area contributed by atoms with Crippen molar-refractivity contribution < 1.29 is 14.6 Å². The number of aliphatic hydroxyl groups is 1. The number of hydrogen-bond donors (Lipinski definition) is 1. The van der Waals surface area contributed by atoms with Crippen molar-refractivity contribution in [3.63, 3.8) is 0 Å². The van der Waals surface area contributed by atoms with Gasteiger partial charge in [0.05, 0.1) is 13.2 Å². The van der Waals surface area contributed by atoms with Crippen molar-refractivity contribution in [3.8, 4) is 5.75 Å². The summed E-state index contributed by atoms with van der Waals surface area (Å²) in [7, 11) is 1.64. The Morgan fingerprint density at radius 2 is 2.14 bits per heavy atom. The van der Waals surface area contributed by atoms with Crippen LogP contribution in [-0.2, 0) is 4.79 Å². The highest BCUT2D eigenvalue weighted by Gasteiger charge is 2.28. The molecule has 0 spiro atoms. The summed E-state index contributed by atoms with van der Waals surface area (Å²) in [6.07, 6.45) is 3.97. The fourth-order valence-electron chi connectivity index (χ4n) is 2.97. The Bertz CT molecular complexity index is 534. The van der Waals surface area contributed by atoms with Crippen LogP contribution in [0.1, 0.15) is 38.7 Å². The van der Waals surface area contributed by atoms with E-state index in [9.17, 15) is 9.90 Å². The minimum absolute atomic E-state index is 0.0384. The molecule has 1 fully saturated rings. The van der Waals surface area contributed by atoms with E-state index >= 15 is 0 Å². The maximum Gasteiger partial charge on any atom is 0.247 e. The van der Waals surface area contributed by atoms with Gasteiger partial charge in [-0.15, -0.1) is 0 Å². The molecule has 1 amide bonds. The second-order valence-electron chi connectivity index (χ2n) is 5.97. The quantitative estimate of drug-likeness (QED) is 0.851. The predicted octanol–water partition coefficient (Wildman–Crippen LogP) is 2.86. The van der Waals surface area contributed by atoms with Crippen molar-refractivity contribution in [2.24, 2.45) is 0 Å². The number of carbonyl (C=O) groups excluding carboxylic acids is 1. The first-order valence-electron chi connectivity index (χ1n) is 7.82.